The van der Waals surface area contributed by atoms with Gasteiger partial charge in [-0.2, -0.15) is 0 Å². The number of rotatable bonds is 8. The number of nitrogens with one attached hydrogen (secondary N) is 1. The van der Waals surface area contributed by atoms with Crippen LogP contribution in [0.15, 0.2) is 60.3 Å². The zero-order valence-corrected chi connectivity index (χ0v) is 12.2. The van der Waals surface area contributed by atoms with Crippen LogP contribution in [0.4, 0.5) is 0 Å². The molecule has 2 rings (SSSR count). The molecule has 0 saturated carbocycles. The number of unbranched alkanes of at least 4 members (excludes halogenated alkanes) is 2. The number of hydrogen-bond acceptors (Lipinski definition) is 2. The van der Waals surface area contributed by atoms with Gasteiger partial charge in [-0.3, -0.25) is 0 Å². The van der Waals surface area contributed by atoms with E-state index in [-0.39, 0.29) is 0 Å². The Morgan fingerprint density at radius 1 is 1.10 bits per heavy atom. The van der Waals surface area contributed by atoms with Crippen molar-refractivity contribution >= 4 is 0 Å². The molecular formula is C19H21NO. The molecule has 0 unspecified atom stereocenters. The summed E-state index contributed by atoms with van der Waals surface area (Å²) in [6.07, 6.45) is 18.3. The SMILES string of the molecule is C#CCCCCOc1ccc(CNC=C2C=CC=C2)cc1. The number of allylic oxidation sites excluding steroid dienone is 5. The Morgan fingerprint density at radius 3 is 2.57 bits per heavy atom. The van der Waals surface area contributed by atoms with Gasteiger partial charge < -0.3 is 10.1 Å². The Bertz CT molecular complexity index is 544. The van der Waals surface area contributed by atoms with E-state index in [0.29, 0.717) is 0 Å². The first-order valence-corrected chi connectivity index (χ1v) is 7.32. The van der Waals surface area contributed by atoms with Crippen LogP contribution in [-0.4, -0.2) is 6.61 Å². The second kappa shape index (κ2) is 8.71. The third kappa shape index (κ3) is 5.62. The number of benzene rings is 1. The van der Waals surface area contributed by atoms with Gasteiger partial charge in [0.25, 0.3) is 0 Å². The van der Waals surface area contributed by atoms with E-state index in [9.17, 15) is 0 Å². The van der Waals surface area contributed by atoms with Gasteiger partial charge in [-0.05, 0) is 36.1 Å². The molecule has 0 heterocycles. The molecule has 0 fully saturated rings. The lowest BCUT2D eigenvalue weighted by Gasteiger charge is -2.07. The minimum absolute atomic E-state index is 0.726. The summed E-state index contributed by atoms with van der Waals surface area (Å²) in [5.41, 5.74) is 2.43. The summed E-state index contributed by atoms with van der Waals surface area (Å²) in [6, 6.07) is 8.20. The minimum Gasteiger partial charge on any atom is -0.494 e. The summed E-state index contributed by atoms with van der Waals surface area (Å²) in [6.45, 7) is 1.54. The molecule has 0 amide bonds. The molecule has 21 heavy (non-hydrogen) atoms. The van der Waals surface area contributed by atoms with E-state index >= 15 is 0 Å². The van der Waals surface area contributed by atoms with Crippen LogP contribution in [0, 0.1) is 12.3 Å². The van der Waals surface area contributed by atoms with E-state index in [1.807, 2.05) is 30.5 Å². The van der Waals surface area contributed by atoms with Crippen LogP contribution in [0.25, 0.3) is 0 Å². The summed E-state index contributed by atoms with van der Waals surface area (Å²) in [4.78, 5) is 0. The lowest BCUT2D eigenvalue weighted by Crippen LogP contribution is -2.05. The van der Waals surface area contributed by atoms with Crippen molar-refractivity contribution in [1.82, 2.24) is 5.32 Å². The lowest BCUT2D eigenvalue weighted by molar-refractivity contribution is 0.307. The molecule has 0 spiro atoms. The summed E-state index contributed by atoms with van der Waals surface area (Å²) in [7, 11) is 0. The molecule has 0 saturated heterocycles. The van der Waals surface area contributed by atoms with E-state index in [2.05, 4.69) is 35.5 Å². The van der Waals surface area contributed by atoms with Gasteiger partial charge in [0.15, 0.2) is 0 Å². The van der Waals surface area contributed by atoms with Crippen molar-refractivity contribution < 1.29 is 4.74 Å². The molecule has 1 aliphatic rings. The Morgan fingerprint density at radius 2 is 1.86 bits per heavy atom. The first kappa shape index (κ1) is 15.0. The number of hydrogen-bond donors (Lipinski definition) is 1. The summed E-state index contributed by atoms with van der Waals surface area (Å²) in [5, 5.41) is 3.31. The maximum atomic E-state index is 5.67. The van der Waals surface area contributed by atoms with Crippen LogP contribution >= 0.6 is 0 Å². The van der Waals surface area contributed by atoms with Crippen LogP contribution in [0.2, 0.25) is 0 Å². The van der Waals surface area contributed by atoms with Crippen LogP contribution in [-0.2, 0) is 6.54 Å². The fraction of sp³-hybridized carbons (Fsp3) is 0.263. The van der Waals surface area contributed by atoms with Crippen LogP contribution in [0.1, 0.15) is 24.8 Å². The van der Waals surface area contributed by atoms with Gasteiger partial charge in [-0.25, -0.2) is 0 Å². The third-order valence-electron chi connectivity index (χ3n) is 3.17. The summed E-state index contributed by atoms with van der Waals surface area (Å²) < 4.78 is 5.67. The average molecular weight is 279 g/mol. The first-order valence-electron chi connectivity index (χ1n) is 7.32. The van der Waals surface area contributed by atoms with Crippen molar-refractivity contribution in [2.45, 2.75) is 25.8 Å². The maximum Gasteiger partial charge on any atom is 0.119 e. The molecule has 2 nitrogen and oxygen atoms in total. The third-order valence-corrected chi connectivity index (χ3v) is 3.17. The van der Waals surface area contributed by atoms with E-state index in [1.165, 1.54) is 11.1 Å². The highest BCUT2D eigenvalue weighted by Gasteiger charge is 1.96. The molecule has 0 atom stereocenters. The number of terminal acetylenes is 1. The van der Waals surface area contributed by atoms with Gasteiger partial charge in [-0.1, -0.05) is 36.4 Å². The zero-order valence-electron chi connectivity index (χ0n) is 12.2. The van der Waals surface area contributed by atoms with Gasteiger partial charge in [0.05, 0.1) is 6.61 Å². The second-order valence-corrected chi connectivity index (χ2v) is 4.90. The summed E-state index contributed by atoms with van der Waals surface area (Å²) >= 11 is 0. The predicted octanol–water partition coefficient (Wildman–Crippen LogP) is 3.97. The van der Waals surface area contributed by atoms with Crippen molar-refractivity contribution in [3.63, 3.8) is 0 Å². The normalized spacial score (nSPS) is 12.2. The Balaban J connectivity index is 1.69. The van der Waals surface area contributed by atoms with Crippen molar-refractivity contribution in [3.8, 4) is 18.1 Å². The van der Waals surface area contributed by atoms with Crippen LogP contribution < -0.4 is 10.1 Å². The average Bonchev–Trinajstić information content (AvgIpc) is 3.02. The van der Waals surface area contributed by atoms with Crippen molar-refractivity contribution in [2.75, 3.05) is 6.61 Å². The fourth-order valence-electron chi connectivity index (χ4n) is 1.99. The Kier molecular flexibility index (Phi) is 6.22. The van der Waals surface area contributed by atoms with Crippen LogP contribution in [0.5, 0.6) is 5.75 Å². The van der Waals surface area contributed by atoms with E-state index < -0.39 is 0 Å². The molecule has 1 N–H and O–H groups in total. The molecular weight excluding hydrogens is 258 g/mol. The van der Waals surface area contributed by atoms with Crippen LogP contribution in [0.3, 0.4) is 0 Å². The molecule has 2 heteroatoms. The monoisotopic (exact) mass is 279 g/mol. The van der Waals surface area contributed by atoms with Crippen molar-refractivity contribution in [3.05, 3.63) is 65.9 Å². The molecule has 0 bridgehead atoms. The highest BCUT2D eigenvalue weighted by Crippen LogP contribution is 2.13. The minimum atomic E-state index is 0.726. The summed E-state index contributed by atoms with van der Waals surface area (Å²) in [5.74, 6) is 3.55. The predicted molar refractivity (Wildman–Crippen MR) is 87.8 cm³/mol. The smallest absolute Gasteiger partial charge is 0.119 e. The molecule has 0 radical (unpaired) electrons. The maximum absolute atomic E-state index is 5.67. The Labute approximate surface area is 127 Å². The lowest BCUT2D eigenvalue weighted by atomic mass is 10.2. The highest BCUT2D eigenvalue weighted by molar-refractivity contribution is 5.39. The van der Waals surface area contributed by atoms with Gasteiger partial charge in [-0.15, -0.1) is 12.3 Å². The van der Waals surface area contributed by atoms with Gasteiger partial charge in [0.1, 0.15) is 5.75 Å². The molecule has 1 aliphatic carbocycles. The van der Waals surface area contributed by atoms with Crippen molar-refractivity contribution in [1.29, 1.82) is 0 Å². The molecule has 1 aromatic carbocycles. The van der Waals surface area contributed by atoms with E-state index in [4.69, 9.17) is 11.2 Å². The van der Waals surface area contributed by atoms with Crippen molar-refractivity contribution in [2.24, 2.45) is 0 Å². The first-order chi connectivity index (χ1) is 10.4. The Hall–Kier alpha value is -2.40. The van der Waals surface area contributed by atoms with E-state index in [0.717, 1.165) is 38.2 Å². The topological polar surface area (TPSA) is 21.3 Å². The molecule has 1 aromatic rings. The quantitative estimate of drug-likeness (QED) is 0.574. The number of ether oxygens (including phenoxy) is 1. The molecule has 108 valence electrons. The highest BCUT2D eigenvalue weighted by atomic mass is 16.5. The van der Waals surface area contributed by atoms with Gasteiger partial charge in [0.2, 0.25) is 0 Å². The molecule has 0 aromatic heterocycles. The largest absolute Gasteiger partial charge is 0.494 e. The second-order valence-electron chi connectivity index (χ2n) is 4.90. The van der Waals surface area contributed by atoms with Gasteiger partial charge in [0, 0.05) is 19.2 Å². The standard InChI is InChI=1S/C19H21NO/c1-2-3-4-7-14-21-19-12-10-18(11-13-19)16-20-15-17-8-5-6-9-17/h1,5-6,8-13,15,20H,3-4,7,14,16H2. The fourth-order valence-corrected chi connectivity index (χ4v) is 1.99. The zero-order chi connectivity index (χ0) is 14.8. The van der Waals surface area contributed by atoms with Gasteiger partial charge >= 0.3 is 0 Å². The van der Waals surface area contributed by atoms with E-state index in [1.54, 1.807) is 0 Å². The molecule has 0 aliphatic heterocycles.